The lowest BCUT2D eigenvalue weighted by molar-refractivity contribution is -0.193. The second-order valence-electron chi connectivity index (χ2n) is 55.0. The molecule has 0 aliphatic heterocycles. The van der Waals surface area contributed by atoms with Gasteiger partial charge in [0.2, 0.25) is 0 Å². The Morgan fingerprint density at radius 3 is 0.695 bits per heavy atom. The van der Waals surface area contributed by atoms with Gasteiger partial charge in [0.1, 0.15) is 0 Å². The molecule has 0 heteroatoms. The summed E-state index contributed by atoms with van der Waals surface area (Å²) in [5.74, 6) is 26.0. The number of rotatable bonds is 0. The number of fused-ring (bicyclic) bond motifs is 4. The molecule has 3 aromatic carbocycles. The zero-order valence-electron chi connectivity index (χ0n) is 100. The highest BCUT2D eigenvalue weighted by molar-refractivity contribution is 5.51. The summed E-state index contributed by atoms with van der Waals surface area (Å²) in [7, 11) is 0. The van der Waals surface area contributed by atoms with Crippen LogP contribution in [0, 0.1) is 308 Å². The van der Waals surface area contributed by atoms with Crippen LogP contribution in [-0.2, 0) is 0 Å². The molecule has 9 aliphatic carbocycles. The molecule has 3 saturated carbocycles. The average molecular weight is 1780 g/mol. The van der Waals surface area contributed by atoms with Crippen molar-refractivity contribution in [3.63, 3.8) is 0 Å². The Morgan fingerprint density at radius 1 is 0.198 bits per heavy atom. The number of hydrogen-bond donors (Lipinski definition) is 0. The number of hydrogen-bond acceptors (Lipinski definition) is 0. The third-order valence-electron chi connectivity index (χ3n) is 48.8. The van der Waals surface area contributed by atoms with E-state index in [1.807, 2.05) is 13.8 Å². The van der Waals surface area contributed by atoms with Crippen molar-refractivity contribution in [2.75, 3.05) is 0 Å². The maximum absolute atomic E-state index is 3.44. The van der Waals surface area contributed by atoms with E-state index in [2.05, 4.69) is 548 Å². The minimum atomic E-state index is 0.0399. The topological polar surface area (TPSA) is 0 Å². The minimum Gasteiger partial charge on any atom is -0.0959 e. The second-order valence-corrected chi connectivity index (χ2v) is 55.0. The van der Waals surface area contributed by atoms with E-state index in [0.717, 1.165) is 11.1 Å². The second kappa shape index (κ2) is 36.4. The van der Waals surface area contributed by atoms with Crippen molar-refractivity contribution < 1.29 is 0 Å². The Labute approximate surface area is 819 Å². The van der Waals surface area contributed by atoms with Crippen molar-refractivity contribution >= 4 is 0 Å². The highest BCUT2D eigenvalue weighted by Crippen LogP contribution is 2.94. The fraction of sp³-hybridized carbons (Fsp3) is 0.725. The zero-order valence-corrected chi connectivity index (χ0v) is 100. The van der Waals surface area contributed by atoms with Gasteiger partial charge in [-0.1, -0.05) is 355 Å². The van der Waals surface area contributed by atoms with E-state index < -0.39 is 0 Å². The number of allylic oxidation sites excluding steroid dienone is 10. The first kappa shape index (κ1) is 119. The molecule has 0 spiro atoms. The van der Waals surface area contributed by atoms with Crippen LogP contribution < -0.4 is 0 Å². The molecule has 9 aliphatic rings. The van der Waals surface area contributed by atoms with Crippen LogP contribution in [0.1, 0.15) is 461 Å². The van der Waals surface area contributed by atoms with Gasteiger partial charge in [0, 0.05) is 54.7 Å². The highest BCUT2D eigenvalue weighted by Gasteiger charge is 2.89. The summed E-state index contributed by atoms with van der Waals surface area (Å²) in [4.78, 5) is 0. The van der Waals surface area contributed by atoms with Crippen molar-refractivity contribution in [3.05, 3.63) is 159 Å². The average Bonchev–Trinajstić information content (AvgIpc) is 1.41. The van der Waals surface area contributed by atoms with Gasteiger partial charge in [-0.3, -0.25) is 0 Å². The molecule has 0 amide bonds. The fourth-order valence-corrected chi connectivity index (χ4v) is 26.6. The zero-order chi connectivity index (χ0) is 105. The lowest BCUT2D eigenvalue weighted by Crippen LogP contribution is -2.61. The van der Waals surface area contributed by atoms with Gasteiger partial charge in [-0.25, -0.2) is 0 Å². The van der Waals surface area contributed by atoms with Gasteiger partial charge < -0.3 is 0 Å². The molecule has 732 valence electrons. The van der Waals surface area contributed by atoms with E-state index in [1.54, 1.807) is 33.4 Å². The number of benzene rings is 1. The molecule has 0 aromatic heterocycles. The van der Waals surface area contributed by atoms with Gasteiger partial charge in [-0.05, 0) is 416 Å². The van der Waals surface area contributed by atoms with Crippen LogP contribution in [-0.4, -0.2) is 0 Å². The summed E-state index contributed by atoms with van der Waals surface area (Å²) in [5, 5.41) is 0. The summed E-state index contributed by atoms with van der Waals surface area (Å²) in [5.41, 5.74) is 37.8. The molecule has 131 heavy (non-hydrogen) atoms. The van der Waals surface area contributed by atoms with E-state index >= 15 is 0 Å². The molecule has 3 atom stereocenters. The fourth-order valence-electron chi connectivity index (χ4n) is 26.6. The molecule has 12 rings (SSSR count). The Morgan fingerprint density at radius 2 is 0.466 bits per heavy atom. The summed E-state index contributed by atoms with van der Waals surface area (Å²) < 4.78 is 0. The summed E-state index contributed by atoms with van der Waals surface area (Å²) >= 11 is 0. The maximum Gasteiger partial charge on any atom is 0.0428 e. The quantitative estimate of drug-likeness (QED) is 0.155. The van der Waals surface area contributed by atoms with Crippen LogP contribution in [0.15, 0.2) is 55.7 Å². The third-order valence-corrected chi connectivity index (χ3v) is 48.8. The van der Waals surface area contributed by atoms with E-state index in [9.17, 15) is 0 Å². The van der Waals surface area contributed by atoms with Gasteiger partial charge in [0.25, 0.3) is 0 Å². The monoisotopic (exact) mass is 1780 g/mol. The first-order valence-electron chi connectivity index (χ1n) is 50.7. The van der Waals surface area contributed by atoms with Gasteiger partial charge in [-0.2, -0.15) is 0 Å². The molecule has 3 unspecified atom stereocenters. The van der Waals surface area contributed by atoms with Crippen molar-refractivity contribution in [3.8, 4) is 47.4 Å². The third kappa shape index (κ3) is 17.3. The molecule has 3 fully saturated rings. The van der Waals surface area contributed by atoms with Crippen molar-refractivity contribution in [1.82, 2.24) is 0 Å². The Bertz CT molecular complexity index is 4870. The predicted molar refractivity (Wildman–Crippen MR) is 583 cm³/mol. The van der Waals surface area contributed by atoms with Crippen molar-refractivity contribution in [1.29, 1.82) is 0 Å². The van der Waals surface area contributed by atoms with Crippen LogP contribution in [0.4, 0.5) is 0 Å². The van der Waals surface area contributed by atoms with E-state index in [-0.39, 0.29) is 54.1 Å². The van der Waals surface area contributed by atoms with Gasteiger partial charge >= 0.3 is 0 Å². The summed E-state index contributed by atoms with van der Waals surface area (Å²) in [6.45, 7) is 161. The van der Waals surface area contributed by atoms with E-state index in [1.165, 1.54) is 77.9 Å². The molecule has 0 heterocycles. The van der Waals surface area contributed by atoms with Crippen LogP contribution in [0.5, 0.6) is 0 Å². The summed E-state index contributed by atoms with van der Waals surface area (Å²) in [6.07, 6.45) is 0. The lowest BCUT2D eigenvalue weighted by atomic mass is 9.37. The van der Waals surface area contributed by atoms with Gasteiger partial charge in [0.15, 0.2) is 0 Å². The SMILES string of the molecule is CC1(C)C#CC#CC1(C)C.CC1(C)C#CC(C)(C)C(C)(C)C1(C)C.CC1(C)C(C)(C)C2(C)C(C)(C)C(C)(C)C1(C)C2(C)C.CC1=C(C)C(C)(C)C(C)(C)C#C1.CC1=C(C)C(C)(C)C(C)(C)C(C)(C)C1C.CC1=C(C)C(C)(C)C(C)(C)C(C)=C1C.CC1=C(C)C2(C)C(C)(C)C(C)(C)C1(C)C2(C)C.Cc1c#cc#cc1C.Cc1c#cc(C)c(C)c1C.Cc1c(C)c(C)c(C)c(C)c1C. The Balaban J connectivity index is 0.000000378. The van der Waals surface area contributed by atoms with E-state index in [0.29, 0.717) is 87.1 Å². The molecule has 0 radical (unpaired) electrons. The highest BCUT2D eigenvalue weighted by atomic mass is 14.9. The molecule has 3 aromatic rings. The Hall–Kier alpha value is -5.94. The minimum absolute atomic E-state index is 0.0399. The van der Waals surface area contributed by atoms with Crippen LogP contribution in [0.3, 0.4) is 0 Å². The van der Waals surface area contributed by atoms with Crippen LogP contribution in [0.25, 0.3) is 0 Å². The molecule has 0 nitrogen and oxygen atoms in total. The normalized spacial score (nSPS) is 28.7. The van der Waals surface area contributed by atoms with Crippen LogP contribution >= 0.6 is 0 Å². The first-order chi connectivity index (χ1) is 57.5. The molecular weight excluding hydrogens is 1570 g/mol. The van der Waals surface area contributed by atoms with Gasteiger partial charge in [-0.15, -0.1) is 0 Å². The smallest absolute Gasteiger partial charge is 0.0428 e. The largest absolute Gasteiger partial charge is 0.0959 e. The Kier molecular flexibility index (Phi) is 33.2. The molecular formula is C131H208. The molecule has 0 N–H and O–H groups in total. The maximum atomic E-state index is 3.44. The predicted octanol–water partition coefficient (Wildman–Crippen LogP) is 38.5. The van der Waals surface area contributed by atoms with Crippen LogP contribution in [0.2, 0.25) is 0 Å². The standard InChI is InChI=1S/C19H36.C17H30.C15H28.2C14H24.2C12H18.2C10H12.C8H6/c1-13(2)14(3,4)19(12)16(7,8)15(5,6)18(13,11)17(19,9)10;1-11-12(2)17(10)14(5,6)13(3,4)16(11,9)15(17,7)8;1-10-11(2)13(4,5)15(8,9)14(6,7)12(10)3;1-11(2)9-10-12(3,4)14(7,8)13(11,5)6;1-9-10(2)12(4)14(7,8)13(5,6)11(9)3;1-9-7-8-11(3,4)12(5,6)10(9)2;1-7-8(2)10(4)12(6)11(5)9(7)3;1-9(2)7-5-6-8-10(9,3)4;1-7-5-6-8(2)10(4)9(7)3;1-7-5-3-4-6-8(7)2/h1-12H3;1-10H3;11H,1-9H3;2*1-8H3;2*1-6H3;2*1-4H3;1-2H3. The first-order valence-corrected chi connectivity index (χ1v) is 50.7. The summed E-state index contributed by atoms with van der Waals surface area (Å²) in [6, 6.07) is 17.3. The van der Waals surface area contributed by atoms with Gasteiger partial charge in [0.05, 0.1) is 0 Å². The van der Waals surface area contributed by atoms with Crippen molar-refractivity contribution in [2.45, 2.75) is 478 Å². The molecule has 0 saturated heterocycles. The van der Waals surface area contributed by atoms with Crippen molar-refractivity contribution in [2.24, 2.45) is 141 Å². The van der Waals surface area contributed by atoms with E-state index in [4.69, 9.17) is 0 Å². The lowest BCUT2D eigenvalue weighted by Gasteiger charge is -2.67. The molecule has 4 bridgehead atoms.